The van der Waals surface area contributed by atoms with Crippen molar-refractivity contribution in [2.45, 2.75) is 31.8 Å². The molecule has 1 aromatic rings. The molecular formula is C15H27ClN2O2S. The molecule has 2 atom stereocenters. The number of methoxy groups -OCH3 is 2. The summed E-state index contributed by atoms with van der Waals surface area (Å²) in [7, 11) is 3.46. The predicted octanol–water partition coefficient (Wildman–Crippen LogP) is 3.16. The maximum atomic E-state index is 6.39. The number of hydrogen-bond donors (Lipinski definition) is 1. The zero-order valence-corrected chi connectivity index (χ0v) is 14.8. The van der Waals surface area contributed by atoms with Crippen molar-refractivity contribution in [1.29, 1.82) is 0 Å². The van der Waals surface area contributed by atoms with E-state index in [2.05, 4.69) is 17.9 Å². The van der Waals surface area contributed by atoms with Crippen LogP contribution in [0.2, 0.25) is 4.34 Å². The number of nitrogens with two attached hydrogens (primary N) is 1. The molecule has 1 aromatic heterocycles. The van der Waals surface area contributed by atoms with E-state index in [4.69, 9.17) is 26.8 Å². The van der Waals surface area contributed by atoms with Gasteiger partial charge in [-0.2, -0.15) is 0 Å². The Kier molecular flexibility index (Phi) is 9.47. The number of halogens is 1. The second-order valence-electron chi connectivity index (χ2n) is 5.03. The Labute approximate surface area is 137 Å². The molecule has 0 aliphatic carbocycles. The van der Waals surface area contributed by atoms with Gasteiger partial charge in [-0.05, 0) is 25.0 Å². The van der Waals surface area contributed by atoms with E-state index in [9.17, 15) is 0 Å². The van der Waals surface area contributed by atoms with E-state index in [-0.39, 0.29) is 12.1 Å². The summed E-state index contributed by atoms with van der Waals surface area (Å²) in [6.07, 6.45) is 1.90. The zero-order chi connectivity index (χ0) is 15.7. The van der Waals surface area contributed by atoms with Crippen LogP contribution in [0, 0.1) is 0 Å². The molecule has 6 heteroatoms. The largest absolute Gasteiger partial charge is 0.385 e. The molecule has 0 spiro atoms. The Morgan fingerprint density at radius 3 is 2.48 bits per heavy atom. The minimum Gasteiger partial charge on any atom is -0.385 e. The van der Waals surface area contributed by atoms with Gasteiger partial charge in [0.15, 0.2) is 0 Å². The molecule has 0 amide bonds. The summed E-state index contributed by atoms with van der Waals surface area (Å²) in [5.74, 6) is 0. The lowest BCUT2D eigenvalue weighted by atomic mass is 10.0. The minimum atomic E-state index is 0.0825. The Hall–Kier alpha value is -0.170. The van der Waals surface area contributed by atoms with Crippen LogP contribution in [0.3, 0.4) is 0 Å². The van der Waals surface area contributed by atoms with Gasteiger partial charge in [0.1, 0.15) is 0 Å². The van der Waals surface area contributed by atoms with Crippen LogP contribution in [0.4, 0.5) is 0 Å². The molecule has 2 N–H and O–H groups in total. The summed E-state index contributed by atoms with van der Waals surface area (Å²) in [6, 6.07) is 4.29. The Morgan fingerprint density at radius 1 is 1.24 bits per heavy atom. The van der Waals surface area contributed by atoms with Gasteiger partial charge in [-0.25, -0.2) is 0 Å². The van der Waals surface area contributed by atoms with E-state index in [1.54, 1.807) is 25.6 Å². The van der Waals surface area contributed by atoms with Crippen molar-refractivity contribution in [3.05, 3.63) is 21.3 Å². The van der Waals surface area contributed by atoms with Crippen molar-refractivity contribution in [3.8, 4) is 0 Å². The number of rotatable bonds is 11. The molecule has 0 saturated carbocycles. The van der Waals surface area contributed by atoms with Crippen molar-refractivity contribution in [2.24, 2.45) is 5.73 Å². The molecule has 0 bridgehead atoms. The molecule has 4 nitrogen and oxygen atoms in total. The molecule has 1 rings (SSSR count). The lowest BCUT2D eigenvalue weighted by molar-refractivity contribution is 0.0965. The fraction of sp³-hybridized carbons (Fsp3) is 0.733. The zero-order valence-electron chi connectivity index (χ0n) is 13.2. The lowest BCUT2D eigenvalue weighted by Gasteiger charge is -2.34. The van der Waals surface area contributed by atoms with Gasteiger partial charge in [0.2, 0.25) is 0 Å². The SMILES string of the molecule is CCC(N)C(c1ccc(Cl)s1)N(CCCOC)CCOC. The Morgan fingerprint density at radius 2 is 1.95 bits per heavy atom. The van der Waals surface area contributed by atoms with Gasteiger partial charge < -0.3 is 15.2 Å². The monoisotopic (exact) mass is 334 g/mol. The third-order valence-electron chi connectivity index (χ3n) is 3.53. The normalized spacial score (nSPS) is 14.6. The second kappa shape index (κ2) is 10.5. The van der Waals surface area contributed by atoms with Gasteiger partial charge in [-0.3, -0.25) is 4.90 Å². The van der Waals surface area contributed by atoms with Crippen LogP contribution in [0.25, 0.3) is 0 Å². The second-order valence-corrected chi connectivity index (χ2v) is 6.78. The number of thiophene rings is 1. The minimum absolute atomic E-state index is 0.0825. The van der Waals surface area contributed by atoms with E-state index in [0.29, 0.717) is 6.61 Å². The molecule has 0 aliphatic heterocycles. The molecular weight excluding hydrogens is 308 g/mol. The lowest BCUT2D eigenvalue weighted by Crippen LogP contribution is -2.42. The highest BCUT2D eigenvalue weighted by Gasteiger charge is 2.26. The van der Waals surface area contributed by atoms with E-state index in [1.807, 2.05) is 6.07 Å². The smallest absolute Gasteiger partial charge is 0.0931 e. The maximum absolute atomic E-state index is 6.39. The number of ether oxygens (including phenoxy) is 2. The Balaban J connectivity index is 2.87. The molecule has 0 aliphatic rings. The van der Waals surface area contributed by atoms with Crippen LogP contribution < -0.4 is 5.73 Å². The van der Waals surface area contributed by atoms with Gasteiger partial charge in [-0.15, -0.1) is 11.3 Å². The van der Waals surface area contributed by atoms with Crippen LogP contribution in [0.5, 0.6) is 0 Å². The van der Waals surface area contributed by atoms with Crippen molar-refractivity contribution >= 4 is 22.9 Å². The van der Waals surface area contributed by atoms with E-state index in [0.717, 1.165) is 36.9 Å². The molecule has 122 valence electrons. The number of hydrogen-bond acceptors (Lipinski definition) is 5. The standard InChI is InChI=1S/C15H27ClN2O2S/c1-4-12(17)15(13-6-7-14(16)21-13)18(9-11-20-3)8-5-10-19-2/h6-7,12,15H,4-5,8-11,17H2,1-3H3. The van der Waals surface area contributed by atoms with E-state index in [1.165, 1.54) is 4.88 Å². The maximum Gasteiger partial charge on any atom is 0.0931 e. The highest BCUT2D eigenvalue weighted by atomic mass is 35.5. The predicted molar refractivity (Wildman–Crippen MR) is 90.3 cm³/mol. The number of nitrogens with zero attached hydrogens (tertiary/aromatic N) is 1. The summed E-state index contributed by atoms with van der Waals surface area (Å²) >= 11 is 7.71. The van der Waals surface area contributed by atoms with Gasteiger partial charge >= 0.3 is 0 Å². The third-order valence-corrected chi connectivity index (χ3v) is 4.83. The first-order chi connectivity index (χ1) is 10.1. The average Bonchev–Trinajstić information content (AvgIpc) is 2.90. The Bertz CT molecular complexity index is 390. The molecule has 0 aromatic carbocycles. The van der Waals surface area contributed by atoms with Crippen LogP contribution in [-0.4, -0.2) is 51.5 Å². The molecule has 0 radical (unpaired) electrons. The first kappa shape index (κ1) is 18.9. The van der Waals surface area contributed by atoms with Crippen LogP contribution in [0.15, 0.2) is 12.1 Å². The van der Waals surface area contributed by atoms with Gasteiger partial charge in [0.25, 0.3) is 0 Å². The molecule has 21 heavy (non-hydrogen) atoms. The summed E-state index contributed by atoms with van der Waals surface area (Å²) in [5, 5.41) is 0. The van der Waals surface area contributed by atoms with Crippen LogP contribution in [-0.2, 0) is 9.47 Å². The van der Waals surface area contributed by atoms with Crippen molar-refractivity contribution < 1.29 is 9.47 Å². The fourth-order valence-corrected chi connectivity index (χ4v) is 3.65. The van der Waals surface area contributed by atoms with Gasteiger partial charge in [0, 0.05) is 44.8 Å². The fourth-order valence-electron chi connectivity index (χ4n) is 2.38. The van der Waals surface area contributed by atoms with Crippen LogP contribution in [0.1, 0.15) is 30.7 Å². The van der Waals surface area contributed by atoms with E-state index < -0.39 is 0 Å². The highest BCUT2D eigenvalue weighted by molar-refractivity contribution is 7.16. The molecule has 0 saturated heterocycles. The quantitative estimate of drug-likeness (QED) is 0.631. The summed E-state index contributed by atoms with van der Waals surface area (Å²) in [6.45, 7) is 5.36. The summed E-state index contributed by atoms with van der Waals surface area (Å²) in [4.78, 5) is 3.61. The summed E-state index contributed by atoms with van der Waals surface area (Å²) < 4.78 is 11.2. The first-order valence-electron chi connectivity index (χ1n) is 7.36. The van der Waals surface area contributed by atoms with Crippen molar-refractivity contribution in [1.82, 2.24) is 4.90 Å². The molecule has 1 heterocycles. The topological polar surface area (TPSA) is 47.7 Å². The van der Waals surface area contributed by atoms with Crippen molar-refractivity contribution in [2.75, 3.05) is 40.5 Å². The highest BCUT2D eigenvalue weighted by Crippen LogP contribution is 2.33. The molecule has 2 unspecified atom stereocenters. The molecule has 0 fully saturated rings. The van der Waals surface area contributed by atoms with Gasteiger partial charge in [-0.1, -0.05) is 18.5 Å². The van der Waals surface area contributed by atoms with Gasteiger partial charge in [0.05, 0.1) is 17.0 Å². The third kappa shape index (κ3) is 6.22. The van der Waals surface area contributed by atoms with Crippen molar-refractivity contribution in [3.63, 3.8) is 0 Å². The van der Waals surface area contributed by atoms with Crippen LogP contribution >= 0.6 is 22.9 Å². The average molecular weight is 335 g/mol. The first-order valence-corrected chi connectivity index (χ1v) is 8.56. The summed E-state index contributed by atoms with van der Waals surface area (Å²) in [5.41, 5.74) is 6.39. The van der Waals surface area contributed by atoms with E-state index >= 15 is 0 Å².